The molecule has 1 aromatic carbocycles. The van der Waals surface area contributed by atoms with Gasteiger partial charge in [-0.1, -0.05) is 6.92 Å². The van der Waals surface area contributed by atoms with Gasteiger partial charge < -0.3 is 14.8 Å². The lowest BCUT2D eigenvalue weighted by molar-refractivity contribution is -0.0143. The molecule has 2 rings (SSSR count). The molecular formula is C13H18FNO2. The van der Waals surface area contributed by atoms with Crippen molar-refractivity contribution in [2.45, 2.75) is 25.5 Å². The summed E-state index contributed by atoms with van der Waals surface area (Å²) in [5.74, 6) is 0.435. The van der Waals surface area contributed by atoms with Gasteiger partial charge in [0.1, 0.15) is 17.7 Å². The van der Waals surface area contributed by atoms with Gasteiger partial charge in [0.2, 0.25) is 0 Å². The number of rotatable bonds is 4. The average Bonchev–Trinajstić information content (AvgIpc) is 2.35. The van der Waals surface area contributed by atoms with Crippen molar-refractivity contribution in [3.8, 4) is 5.75 Å². The normalized spacial score (nSPS) is 24.6. The Kier molecular flexibility index (Phi) is 4.34. The summed E-state index contributed by atoms with van der Waals surface area (Å²) in [6.45, 7) is 4.33. The zero-order chi connectivity index (χ0) is 12.1. The summed E-state index contributed by atoms with van der Waals surface area (Å²) in [7, 11) is 0. The van der Waals surface area contributed by atoms with E-state index in [0.29, 0.717) is 18.4 Å². The first-order chi connectivity index (χ1) is 8.29. The average molecular weight is 239 g/mol. The second kappa shape index (κ2) is 5.98. The maximum atomic E-state index is 12.8. The molecule has 0 saturated carbocycles. The topological polar surface area (TPSA) is 30.5 Å². The maximum absolute atomic E-state index is 12.8. The third kappa shape index (κ3) is 3.41. The molecule has 0 radical (unpaired) electrons. The highest BCUT2D eigenvalue weighted by molar-refractivity contribution is 5.22. The predicted octanol–water partition coefficient (Wildman–Crippen LogP) is 1.97. The molecule has 4 heteroatoms. The van der Waals surface area contributed by atoms with E-state index >= 15 is 0 Å². The van der Waals surface area contributed by atoms with Crippen molar-refractivity contribution in [3.05, 3.63) is 30.1 Å². The Hall–Kier alpha value is -1.13. The Labute approximate surface area is 101 Å². The number of nitrogens with one attached hydrogen (secondary N) is 1. The van der Waals surface area contributed by atoms with Crippen molar-refractivity contribution in [1.82, 2.24) is 5.32 Å². The highest BCUT2D eigenvalue weighted by Crippen LogP contribution is 2.18. The van der Waals surface area contributed by atoms with Gasteiger partial charge >= 0.3 is 0 Å². The Bertz CT molecular complexity index is 340. The summed E-state index contributed by atoms with van der Waals surface area (Å²) in [6.07, 6.45) is 0.939. The van der Waals surface area contributed by atoms with Crippen LogP contribution in [0.5, 0.6) is 5.75 Å². The largest absolute Gasteiger partial charge is 0.486 e. The van der Waals surface area contributed by atoms with Crippen LogP contribution in [0.15, 0.2) is 24.3 Å². The monoisotopic (exact) mass is 239 g/mol. The number of likely N-dealkylation sites (N-methyl/N-ethyl adjacent to an activating group) is 1. The molecule has 0 amide bonds. The lowest BCUT2D eigenvalue weighted by Crippen LogP contribution is -2.49. The van der Waals surface area contributed by atoms with Gasteiger partial charge in [0, 0.05) is 12.6 Å². The van der Waals surface area contributed by atoms with E-state index in [-0.39, 0.29) is 11.9 Å². The van der Waals surface area contributed by atoms with E-state index in [1.807, 2.05) is 0 Å². The van der Waals surface area contributed by atoms with Gasteiger partial charge in [-0.25, -0.2) is 4.39 Å². The van der Waals surface area contributed by atoms with Crippen LogP contribution in [0.2, 0.25) is 0 Å². The van der Waals surface area contributed by atoms with Gasteiger partial charge in [0.25, 0.3) is 0 Å². The van der Waals surface area contributed by atoms with E-state index in [2.05, 4.69) is 12.2 Å². The SMILES string of the molecule is CCNC1CCOCC1Oc1ccc(F)cc1. The fourth-order valence-corrected chi connectivity index (χ4v) is 2.01. The minimum absolute atomic E-state index is 0.00541. The van der Waals surface area contributed by atoms with E-state index in [0.717, 1.165) is 19.6 Å². The first-order valence-electron chi connectivity index (χ1n) is 6.03. The molecule has 3 nitrogen and oxygen atoms in total. The van der Waals surface area contributed by atoms with Gasteiger partial charge in [-0.3, -0.25) is 0 Å². The minimum atomic E-state index is -0.250. The molecule has 2 atom stereocenters. The van der Waals surface area contributed by atoms with Crippen LogP contribution in [-0.2, 0) is 4.74 Å². The van der Waals surface area contributed by atoms with Crippen LogP contribution in [0, 0.1) is 5.82 Å². The first-order valence-corrected chi connectivity index (χ1v) is 6.03. The molecule has 1 N–H and O–H groups in total. The Balaban J connectivity index is 1.97. The zero-order valence-corrected chi connectivity index (χ0v) is 9.99. The lowest BCUT2D eigenvalue weighted by atomic mass is 10.1. The van der Waals surface area contributed by atoms with Crippen molar-refractivity contribution in [2.24, 2.45) is 0 Å². The number of benzene rings is 1. The van der Waals surface area contributed by atoms with Crippen LogP contribution < -0.4 is 10.1 Å². The molecule has 1 aromatic rings. The predicted molar refractivity (Wildman–Crippen MR) is 63.7 cm³/mol. The molecule has 1 aliphatic heterocycles. The van der Waals surface area contributed by atoms with E-state index in [1.54, 1.807) is 12.1 Å². The van der Waals surface area contributed by atoms with Gasteiger partial charge in [-0.05, 0) is 37.2 Å². The van der Waals surface area contributed by atoms with E-state index < -0.39 is 0 Å². The molecular weight excluding hydrogens is 221 g/mol. The lowest BCUT2D eigenvalue weighted by Gasteiger charge is -2.32. The van der Waals surface area contributed by atoms with Crippen LogP contribution in [0.4, 0.5) is 4.39 Å². The van der Waals surface area contributed by atoms with Crippen molar-refractivity contribution in [3.63, 3.8) is 0 Å². The highest BCUT2D eigenvalue weighted by Gasteiger charge is 2.26. The van der Waals surface area contributed by atoms with Crippen LogP contribution in [0.3, 0.4) is 0 Å². The Morgan fingerprint density at radius 1 is 1.41 bits per heavy atom. The second-order valence-corrected chi connectivity index (χ2v) is 4.14. The van der Waals surface area contributed by atoms with Gasteiger partial charge in [-0.2, -0.15) is 0 Å². The van der Waals surface area contributed by atoms with Crippen molar-refractivity contribution in [1.29, 1.82) is 0 Å². The van der Waals surface area contributed by atoms with Crippen LogP contribution in [-0.4, -0.2) is 31.9 Å². The third-order valence-electron chi connectivity index (χ3n) is 2.87. The third-order valence-corrected chi connectivity index (χ3v) is 2.87. The van der Waals surface area contributed by atoms with Crippen LogP contribution >= 0.6 is 0 Å². The molecule has 0 bridgehead atoms. The number of hydrogen-bond donors (Lipinski definition) is 1. The molecule has 2 unspecified atom stereocenters. The molecule has 1 aliphatic rings. The summed E-state index contributed by atoms with van der Waals surface area (Å²) in [5.41, 5.74) is 0. The van der Waals surface area contributed by atoms with E-state index in [9.17, 15) is 4.39 Å². The molecule has 1 saturated heterocycles. The minimum Gasteiger partial charge on any atom is -0.486 e. The highest BCUT2D eigenvalue weighted by atomic mass is 19.1. The summed E-state index contributed by atoms with van der Waals surface area (Å²) < 4.78 is 24.0. The van der Waals surface area contributed by atoms with Crippen molar-refractivity contribution in [2.75, 3.05) is 19.8 Å². The Morgan fingerprint density at radius 2 is 2.18 bits per heavy atom. The number of ether oxygens (including phenoxy) is 2. The molecule has 1 heterocycles. The fourth-order valence-electron chi connectivity index (χ4n) is 2.01. The van der Waals surface area contributed by atoms with Crippen LogP contribution in [0.1, 0.15) is 13.3 Å². The fraction of sp³-hybridized carbons (Fsp3) is 0.538. The number of hydrogen-bond acceptors (Lipinski definition) is 3. The number of halogens is 1. The molecule has 1 fully saturated rings. The van der Waals surface area contributed by atoms with Crippen LogP contribution in [0.25, 0.3) is 0 Å². The summed E-state index contributed by atoms with van der Waals surface area (Å²) in [5, 5.41) is 3.39. The molecule has 94 valence electrons. The first kappa shape index (κ1) is 12.3. The summed E-state index contributed by atoms with van der Waals surface area (Å²) in [4.78, 5) is 0. The van der Waals surface area contributed by atoms with Gasteiger partial charge in [-0.15, -0.1) is 0 Å². The van der Waals surface area contributed by atoms with Gasteiger partial charge in [0.05, 0.1) is 6.61 Å². The summed E-state index contributed by atoms with van der Waals surface area (Å²) >= 11 is 0. The van der Waals surface area contributed by atoms with E-state index in [1.165, 1.54) is 12.1 Å². The molecule has 0 aromatic heterocycles. The van der Waals surface area contributed by atoms with Crippen molar-refractivity contribution < 1.29 is 13.9 Å². The van der Waals surface area contributed by atoms with Crippen molar-refractivity contribution >= 4 is 0 Å². The second-order valence-electron chi connectivity index (χ2n) is 4.14. The standard InChI is InChI=1S/C13H18FNO2/c1-2-15-12-7-8-16-9-13(12)17-11-5-3-10(14)4-6-11/h3-6,12-13,15H,2,7-9H2,1H3. The van der Waals surface area contributed by atoms with Gasteiger partial charge in [0.15, 0.2) is 0 Å². The smallest absolute Gasteiger partial charge is 0.137 e. The summed E-state index contributed by atoms with van der Waals surface area (Å²) in [6, 6.07) is 6.40. The molecule has 17 heavy (non-hydrogen) atoms. The molecule has 0 aliphatic carbocycles. The van der Waals surface area contributed by atoms with E-state index in [4.69, 9.17) is 9.47 Å². The quantitative estimate of drug-likeness (QED) is 0.871. The zero-order valence-electron chi connectivity index (χ0n) is 9.99. The Morgan fingerprint density at radius 3 is 2.88 bits per heavy atom. The molecule has 0 spiro atoms. The maximum Gasteiger partial charge on any atom is 0.137 e.